The quantitative estimate of drug-likeness (QED) is 0.220. The van der Waals surface area contributed by atoms with Crippen molar-refractivity contribution in [1.29, 1.82) is 0 Å². The number of ether oxygens (including phenoxy) is 1. The highest BCUT2D eigenvalue weighted by Gasteiger charge is 2.12. The van der Waals surface area contributed by atoms with E-state index in [9.17, 15) is 4.79 Å². The van der Waals surface area contributed by atoms with Crippen molar-refractivity contribution in [3.05, 3.63) is 107 Å². The Labute approximate surface area is 199 Å². The van der Waals surface area contributed by atoms with E-state index in [1.807, 2.05) is 63.2 Å². The zero-order valence-electron chi connectivity index (χ0n) is 20.5. The molecule has 0 N–H and O–H groups in total. The molecule has 0 saturated heterocycles. The van der Waals surface area contributed by atoms with E-state index in [1.165, 1.54) is 0 Å². The van der Waals surface area contributed by atoms with E-state index in [-0.39, 0.29) is 7.21 Å². The Kier molecular flexibility index (Phi) is 9.11. The summed E-state index contributed by atoms with van der Waals surface area (Å²) < 4.78 is 5.59. The smallest absolute Gasteiger partial charge is 0.221 e. The van der Waals surface area contributed by atoms with Crippen molar-refractivity contribution in [3.8, 4) is 11.1 Å². The third-order valence-corrected chi connectivity index (χ3v) is 5.31. The molecule has 3 nitrogen and oxygen atoms in total. The van der Waals surface area contributed by atoms with Gasteiger partial charge in [-0.2, -0.15) is 0 Å². The highest BCUT2D eigenvalue weighted by atomic mass is 16.5. The van der Waals surface area contributed by atoms with Crippen molar-refractivity contribution >= 4 is 23.5 Å². The largest absolute Gasteiger partial charge is 0.481 e. The number of methoxy groups -OCH3 is 1. The third-order valence-electron chi connectivity index (χ3n) is 5.31. The van der Waals surface area contributed by atoms with Gasteiger partial charge < -0.3 is 4.74 Å². The number of carbonyl (C=O) groups is 1. The summed E-state index contributed by atoms with van der Waals surface area (Å²) in [6.45, 7) is 17.6. The van der Waals surface area contributed by atoms with Gasteiger partial charge in [0.1, 0.15) is 0 Å². The number of carbonyl (C=O) groups excluding carboxylic acids is 1. The molecule has 3 heteroatoms. The summed E-state index contributed by atoms with van der Waals surface area (Å²) in [6.07, 6.45) is 1.87. The Hall–Kier alpha value is -3.72. The summed E-state index contributed by atoms with van der Waals surface area (Å²) in [6, 6.07) is 19.9. The summed E-state index contributed by atoms with van der Waals surface area (Å²) in [7, 11) is 1.60. The van der Waals surface area contributed by atoms with Crippen LogP contribution in [0.5, 0.6) is 0 Å². The minimum atomic E-state index is 0. The van der Waals surface area contributed by atoms with E-state index in [0.29, 0.717) is 17.2 Å². The molecule has 3 aromatic carbocycles. The predicted octanol–water partition coefficient (Wildman–Crippen LogP) is 8.15. The fourth-order valence-corrected chi connectivity index (χ4v) is 3.67. The lowest BCUT2D eigenvalue weighted by atomic mass is 9.94. The van der Waals surface area contributed by atoms with Crippen LogP contribution in [0.4, 0.5) is 0 Å². The highest BCUT2D eigenvalue weighted by molar-refractivity contribution is 5.99. The number of ketones is 1. The zero-order chi connectivity index (χ0) is 24.5. The lowest BCUT2D eigenvalue weighted by Crippen LogP contribution is -2.05. The van der Waals surface area contributed by atoms with E-state index in [0.717, 1.165) is 38.9 Å². The van der Waals surface area contributed by atoms with Crippen molar-refractivity contribution in [2.75, 3.05) is 7.11 Å². The van der Waals surface area contributed by atoms with Gasteiger partial charge >= 0.3 is 0 Å². The van der Waals surface area contributed by atoms with Crippen molar-refractivity contribution in [2.45, 2.75) is 34.6 Å². The summed E-state index contributed by atoms with van der Waals surface area (Å²) >= 11 is 0. The summed E-state index contributed by atoms with van der Waals surface area (Å²) in [5, 5.41) is 0. The number of aliphatic imine (C=N–C) groups is 1. The maximum Gasteiger partial charge on any atom is 0.221 e. The summed E-state index contributed by atoms with van der Waals surface area (Å²) in [4.78, 5) is 16.3. The van der Waals surface area contributed by atoms with Crippen LogP contribution < -0.4 is 0 Å². The first-order valence-corrected chi connectivity index (χ1v) is 11.1. The first-order valence-electron chi connectivity index (χ1n) is 11.1. The van der Waals surface area contributed by atoms with E-state index in [2.05, 4.69) is 49.3 Å². The maximum atomic E-state index is 11.7. The standard InChI is InChI=1S/C28H27NO2.C2H6.H2/c1-7-22-10-8-9-11-27(22)26-15-13-24(17-19(26)3)28(31-6)29-20(4)23-12-14-25(21(5)30)18(2)16-23;1-2;/h7-17H,1,4H2,2-3,5-6H3;1-2H3;1H. The molecule has 3 aromatic rings. The molecule has 0 aromatic heterocycles. The lowest BCUT2D eigenvalue weighted by molar-refractivity contribution is 0.101. The van der Waals surface area contributed by atoms with Crippen LogP contribution in [0, 0.1) is 13.8 Å². The van der Waals surface area contributed by atoms with Crippen molar-refractivity contribution in [2.24, 2.45) is 4.99 Å². The molecule has 0 amide bonds. The summed E-state index contributed by atoms with van der Waals surface area (Å²) in [5.41, 5.74) is 8.41. The molecule has 0 aliphatic rings. The van der Waals surface area contributed by atoms with Crippen LogP contribution in [0.25, 0.3) is 22.9 Å². The van der Waals surface area contributed by atoms with Gasteiger partial charge in [0.15, 0.2) is 5.78 Å². The molecule has 3 rings (SSSR count). The second-order valence-electron chi connectivity index (χ2n) is 7.47. The van der Waals surface area contributed by atoms with Crippen LogP contribution >= 0.6 is 0 Å². The lowest BCUT2D eigenvalue weighted by Gasteiger charge is -2.13. The van der Waals surface area contributed by atoms with Gasteiger partial charge in [0.05, 0.1) is 12.8 Å². The predicted molar refractivity (Wildman–Crippen MR) is 144 cm³/mol. The van der Waals surface area contributed by atoms with Gasteiger partial charge in [-0.25, -0.2) is 4.99 Å². The maximum absolute atomic E-state index is 11.7. The molecule has 0 aliphatic heterocycles. The molecule has 33 heavy (non-hydrogen) atoms. The molecule has 0 bridgehead atoms. The molecule has 0 unspecified atom stereocenters. The topological polar surface area (TPSA) is 38.7 Å². The SMILES string of the molecule is C=Cc1ccccc1-c1ccc(C(=NC(=C)c2ccc(C(C)=O)c(C)c2)OC)cc1C.CC.[HH]. The van der Waals surface area contributed by atoms with E-state index in [1.54, 1.807) is 14.0 Å². The third kappa shape index (κ3) is 5.95. The van der Waals surface area contributed by atoms with Gasteiger partial charge in [-0.05, 0) is 72.4 Å². The Morgan fingerprint density at radius 1 is 0.939 bits per heavy atom. The summed E-state index contributed by atoms with van der Waals surface area (Å²) in [5.74, 6) is 0.536. The van der Waals surface area contributed by atoms with Gasteiger partial charge in [0.2, 0.25) is 5.90 Å². The van der Waals surface area contributed by atoms with Crippen LogP contribution in [0.3, 0.4) is 0 Å². The molecule has 172 valence electrons. The van der Waals surface area contributed by atoms with Gasteiger partial charge in [-0.1, -0.05) is 75.5 Å². The van der Waals surface area contributed by atoms with Gasteiger partial charge in [0, 0.05) is 12.6 Å². The fraction of sp³-hybridized carbons (Fsp3) is 0.200. The van der Waals surface area contributed by atoms with Crippen LogP contribution in [0.1, 0.15) is 60.4 Å². The van der Waals surface area contributed by atoms with Crippen molar-refractivity contribution in [1.82, 2.24) is 0 Å². The number of nitrogens with zero attached hydrogens (tertiary/aromatic N) is 1. The average molecular weight is 442 g/mol. The van der Waals surface area contributed by atoms with E-state index < -0.39 is 0 Å². The number of hydrogen-bond acceptors (Lipinski definition) is 3. The number of rotatable bonds is 6. The fourth-order valence-electron chi connectivity index (χ4n) is 3.67. The first-order chi connectivity index (χ1) is 15.8. The van der Waals surface area contributed by atoms with E-state index >= 15 is 0 Å². The molecule has 0 heterocycles. The molecule has 0 aliphatic carbocycles. The average Bonchev–Trinajstić information content (AvgIpc) is 2.83. The Bertz CT molecular complexity index is 1210. The molecule has 0 saturated carbocycles. The molecular weight excluding hydrogens is 406 g/mol. The number of benzene rings is 3. The highest BCUT2D eigenvalue weighted by Crippen LogP contribution is 2.29. The normalized spacial score (nSPS) is 10.7. The van der Waals surface area contributed by atoms with Crippen LogP contribution in [-0.2, 0) is 4.74 Å². The molecule has 0 radical (unpaired) electrons. The molecular formula is C30H35NO2. The van der Waals surface area contributed by atoms with Gasteiger partial charge in [-0.15, -0.1) is 0 Å². The van der Waals surface area contributed by atoms with Crippen molar-refractivity contribution < 1.29 is 11.0 Å². The minimum Gasteiger partial charge on any atom is -0.481 e. The number of aryl methyl sites for hydroxylation is 2. The van der Waals surface area contributed by atoms with Gasteiger partial charge in [-0.3, -0.25) is 4.79 Å². The number of Topliss-reactive ketones (excluding diaryl/α,β-unsaturated/α-hetero) is 1. The molecule has 0 spiro atoms. The van der Waals surface area contributed by atoms with E-state index in [4.69, 9.17) is 4.74 Å². The van der Waals surface area contributed by atoms with Crippen LogP contribution in [-0.4, -0.2) is 18.8 Å². The minimum absolute atomic E-state index is 0. The van der Waals surface area contributed by atoms with Crippen LogP contribution in [0.15, 0.2) is 78.8 Å². The Balaban J connectivity index is 0.00000188. The van der Waals surface area contributed by atoms with Gasteiger partial charge in [0.25, 0.3) is 0 Å². The number of hydrogen-bond donors (Lipinski definition) is 0. The molecule has 0 atom stereocenters. The Morgan fingerprint density at radius 3 is 2.15 bits per heavy atom. The monoisotopic (exact) mass is 441 g/mol. The molecule has 0 fully saturated rings. The Morgan fingerprint density at radius 2 is 1.58 bits per heavy atom. The second kappa shape index (κ2) is 11.8. The van der Waals surface area contributed by atoms with Crippen LogP contribution in [0.2, 0.25) is 0 Å². The first kappa shape index (κ1) is 25.5. The second-order valence-corrected chi connectivity index (χ2v) is 7.47. The zero-order valence-corrected chi connectivity index (χ0v) is 20.5. The van der Waals surface area contributed by atoms with Crippen molar-refractivity contribution in [3.63, 3.8) is 0 Å².